The minimum absolute atomic E-state index is 0.00375. The van der Waals surface area contributed by atoms with Crippen molar-refractivity contribution in [2.75, 3.05) is 18.6 Å². The average molecular weight is 365 g/mol. The van der Waals surface area contributed by atoms with Crippen LogP contribution in [0.15, 0.2) is 24.3 Å². The Labute approximate surface area is 150 Å². The fourth-order valence-electron chi connectivity index (χ4n) is 5.96. The molecule has 0 heterocycles. The highest BCUT2D eigenvalue weighted by molar-refractivity contribution is 7.90. The van der Waals surface area contributed by atoms with Gasteiger partial charge >= 0.3 is 0 Å². The number of aliphatic hydroxyl groups is 1. The lowest BCUT2D eigenvalue weighted by molar-refractivity contribution is -0.00521. The van der Waals surface area contributed by atoms with Gasteiger partial charge in [0, 0.05) is 6.26 Å². The number of sulfone groups is 1. The Hall–Kier alpha value is -1.07. The molecule has 0 aliphatic heterocycles. The number of benzene rings is 1. The second-order valence-electron chi connectivity index (χ2n) is 8.78. The molecule has 0 aromatic heterocycles. The van der Waals surface area contributed by atoms with Crippen molar-refractivity contribution in [3.8, 4) is 5.75 Å². The van der Waals surface area contributed by atoms with Crippen molar-refractivity contribution in [3.63, 3.8) is 0 Å². The Kier molecular flexibility index (Phi) is 4.35. The van der Waals surface area contributed by atoms with E-state index in [2.05, 4.69) is 12.1 Å². The molecular weight excluding hydrogens is 336 g/mol. The summed E-state index contributed by atoms with van der Waals surface area (Å²) in [5.41, 5.74) is 1.82. The van der Waals surface area contributed by atoms with Crippen molar-refractivity contribution >= 4 is 9.84 Å². The maximum Gasteiger partial charge on any atom is 0.150 e. The lowest BCUT2D eigenvalue weighted by atomic mass is 9.48. The molecule has 4 fully saturated rings. The van der Waals surface area contributed by atoms with E-state index in [-0.39, 0.29) is 12.4 Å². The summed E-state index contributed by atoms with van der Waals surface area (Å²) in [6.45, 7) is 0.00375. The van der Waals surface area contributed by atoms with Crippen LogP contribution >= 0.6 is 0 Å². The molecule has 0 unspecified atom stereocenters. The zero-order valence-corrected chi connectivity index (χ0v) is 15.7. The summed E-state index contributed by atoms with van der Waals surface area (Å²) in [7, 11) is -3.19. The van der Waals surface area contributed by atoms with Crippen molar-refractivity contribution in [2.24, 2.45) is 17.8 Å². The van der Waals surface area contributed by atoms with Gasteiger partial charge in [-0.2, -0.15) is 0 Å². The van der Waals surface area contributed by atoms with Gasteiger partial charge in [0.1, 0.15) is 28.3 Å². The number of rotatable bonds is 6. The van der Waals surface area contributed by atoms with Crippen LogP contribution in [-0.4, -0.2) is 38.2 Å². The molecule has 5 heteroatoms. The van der Waals surface area contributed by atoms with Crippen LogP contribution in [0.5, 0.6) is 5.75 Å². The number of hydrogen-bond acceptors (Lipinski definition) is 4. The van der Waals surface area contributed by atoms with Gasteiger partial charge in [0.25, 0.3) is 0 Å². The standard InChI is InChI=1S/C20H28O4S/c1-25(22,23)13-18(21)12-24-19-4-2-17(3-5-19)20-9-14-6-15(10-20)8-16(7-14)11-20/h2-5,14-16,18,21H,6-13H2,1H3/t14?,15?,16?,18-,20?/m0/s1. The first-order valence-corrected chi connectivity index (χ1v) is 11.5. The fraction of sp³-hybridized carbons (Fsp3) is 0.700. The highest BCUT2D eigenvalue weighted by Gasteiger charge is 2.51. The Morgan fingerprint density at radius 2 is 1.60 bits per heavy atom. The molecule has 4 nitrogen and oxygen atoms in total. The highest BCUT2D eigenvalue weighted by Crippen LogP contribution is 2.60. The summed E-state index contributed by atoms with van der Waals surface area (Å²) < 4.78 is 27.9. The van der Waals surface area contributed by atoms with Crippen LogP contribution in [0, 0.1) is 17.8 Å². The third kappa shape index (κ3) is 3.72. The van der Waals surface area contributed by atoms with Gasteiger partial charge in [0.15, 0.2) is 0 Å². The summed E-state index contributed by atoms with van der Waals surface area (Å²) in [5.74, 6) is 3.20. The van der Waals surface area contributed by atoms with Gasteiger partial charge in [-0.15, -0.1) is 0 Å². The molecule has 4 saturated carbocycles. The predicted octanol–water partition coefficient (Wildman–Crippen LogP) is 2.94. The lowest BCUT2D eigenvalue weighted by Gasteiger charge is -2.57. The van der Waals surface area contributed by atoms with E-state index in [4.69, 9.17) is 4.74 Å². The Morgan fingerprint density at radius 1 is 1.08 bits per heavy atom. The van der Waals surface area contributed by atoms with Gasteiger partial charge in [0.05, 0.1) is 5.75 Å². The van der Waals surface area contributed by atoms with Gasteiger partial charge in [-0.1, -0.05) is 12.1 Å². The smallest absolute Gasteiger partial charge is 0.150 e. The molecule has 4 aliphatic rings. The molecule has 4 aliphatic carbocycles. The summed E-state index contributed by atoms with van der Waals surface area (Å²) in [4.78, 5) is 0. The Balaban J connectivity index is 1.41. The summed E-state index contributed by atoms with van der Waals surface area (Å²) in [6, 6.07) is 8.32. The summed E-state index contributed by atoms with van der Waals surface area (Å²) in [6.07, 6.45) is 8.48. The maximum absolute atomic E-state index is 11.2. The quantitative estimate of drug-likeness (QED) is 0.843. The Morgan fingerprint density at radius 3 is 2.08 bits per heavy atom. The van der Waals surface area contributed by atoms with Crippen molar-refractivity contribution in [2.45, 2.75) is 50.0 Å². The third-order valence-electron chi connectivity index (χ3n) is 6.44. The van der Waals surface area contributed by atoms with Crippen LogP contribution in [-0.2, 0) is 15.3 Å². The monoisotopic (exact) mass is 364 g/mol. The van der Waals surface area contributed by atoms with Gasteiger partial charge in [0.2, 0.25) is 0 Å². The molecule has 5 rings (SSSR count). The van der Waals surface area contributed by atoms with Crippen molar-refractivity contribution in [1.82, 2.24) is 0 Å². The van der Waals surface area contributed by atoms with Crippen LogP contribution in [0.3, 0.4) is 0 Å². The molecule has 0 amide bonds. The summed E-state index contributed by atoms with van der Waals surface area (Å²) >= 11 is 0. The van der Waals surface area contributed by atoms with Crippen molar-refractivity contribution in [1.29, 1.82) is 0 Å². The second-order valence-corrected chi connectivity index (χ2v) is 11.0. The van der Waals surface area contributed by atoms with Gasteiger partial charge in [-0.25, -0.2) is 8.42 Å². The van der Waals surface area contributed by atoms with Crippen molar-refractivity contribution < 1.29 is 18.3 Å². The molecule has 0 spiro atoms. The molecule has 1 aromatic rings. The van der Waals surface area contributed by atoms with Crippen LogP contribution in [0.4, 0.5) is 0 Å². The third-order valence-corrected chi connectivity index (χ3v) is 7.43. The number of aliphatic hydroxyl groups excluding tert-OH is 1. The van der Waals surface area contributed by atoms with E-state index in [1.54, 1.807) is 0 Å². The van der Waals surface area contributed by atoms with E-state index in [1.807, 2.05) is 12.1 Å². The van der Waals surface area contributed by atoms with E-state index < -0.39 is 15.9 Å². The molecule has 4 bridgehead atoms. The minimum Gasteiger partial charge on any atom is -0.491 e. The first-order valence-electron chi connectivity index (χ1n) is 9.40. The fourth-order valence-corrected chi connectivity index (χ4v) is 6.75. The molecule has 138 valence electrons. The van der Waals surface area contributed by atoms with Crippen LogP contribution in [0.2, 0.25) is 0 Å². The van der Waals surface area contributed by atoms with E-state index in [9.17, 15) is 13.5 Å². The lowest BCUT2D eigenvalue weighted by Crippen LogP contribution is -2.48. The van der Waals surface area contributed by atoms with Gasteiger partial charge in [-0.05, 0) is 79.4 Å². The predicted molar refractivity (Wildman–Crippen MR) is 97.5 cm³/mol. The van der Waals surface area contributed by atoms with Crippen molar-refractivity contribution in [3.05, 3.63) is 29.8 Å². The van der Waals surface area contributed by atoms with E-state index >= 15 is 0 Å². The second kappa shape index (κ2) is 6.27. The highest BCUT2D eigenvalue weighted by atomic mass is 32.2. The van der Waals surface area contributed by atoms with E-state index in [0.29, 0.717) is 11.2 Å². The Bertz CT molecular complexity index is 687. The van der Waals surface area contributed by atoms with Crippen LogP contribution < -0.4 is 4.74 Å². The number of hydrogen-bond donors (Lipinski definition) is 1. The molecule has 1 atom stereocenters. The van der Waals surface area contributed by atoms with E-state index in [0.717, 1.165) is 24.0 Å². The molecule has 1 N–H and O–H groups in total. The zero-order chi connectivity index (χ0) is 17.7. The molecule has 1 aromatic carbocycles. The molecule has 25 heavy (non-hydrogen) atoms. The molecule has 0 radical (unpaired) electrons. The topological polar surface area (TPSA) is 63.6 Å². The van der Waals surface area contributed by atoms with Crippen LogP contribution in [0.1, 0.15) is 44.1 Å². The molecular formula is C20H28O4S. The van der Waals surface area contributed by atoms with Gasteiger partial charge in [-0.3, -0.25) is 0 Å². The maximum atomic E-state index is 11.2. The first kappa shape index (κ1) is 17.3. The average Bonchev–Trinajstić information content (AvgIpc) is 2.50. The van der Waals surface area contributed by atoms with Crippen LogP contribution in [0.25, 0.3) is 0 Å². The van der Waals surface area contributed by atoms with Gasteiger partial charge < -0.3 is 9.84 Å². The normalized spacial score (nSPS) is 34.9. The minimum atomic E-state index is -3.19. The number of ether oxygens (including phenoxy) is 1. The largest absolute Gasteiger partial charge is 0.491 e. The first-order chi connectivity index (χ1) is 11.8. The van der Waals surface area contributed by atoms with E-state index in [1.165, 1.54) is 44.1 Å². The zero-order valence-electron chi connectivity index (χ0n) is 14.9. The summed E-state index contributed by atoms with van der Waals surface area (Å²) in [5, 5.41) is 9.75. The molecule has 0 saturated heterocycles. The SMILES string of the molecule is CS(=O)(=O)C[C@@H](O)COc1ccc(C23CC4CC(CC(C4)C2)C3)cc1.